The summed E-state index contributed by atoms with van der Waals surface area (Å²) in [6.45, 7) is 2.61. The van der Waals surface area contributed by atoms with Crippen LogP contribution in [-0.2, 0) is 16.0 Å². The maximum Gasteiger partial charge on any atom is 0.244 e. The highest BCUT2D eigenvalue weighted by Gasteiger charge is 2.24. The Hall–Kier alpha value is -1.50. The van der Waals surface area contributed by atoms with E-state index in [1.165, 1.54) is 0 Å². The molecule has 0 aromatic heterocycles. The molecule has 0 aliphatic carbocycles. The van der Waals surface area contributed by atoms with Crippen molar-refractivity contribution in [1.29, 1.82) is 0 Å². The fourth-order valence-electron chi connectivity index (χ4n) is 2.08. The Morgan fingerprint density at radius 1 is 1.35 bits per heavy atom. The van der Waals surface area contributed by atoms with E-state index >= 15 is 0 Å². The van der Waals surface area contributed by atoms with Gasteiger partial charge < -0.3 is 10.5 Å². The zero-order valence-electron chi connectivity index (χ0n) is 11.2. The minimum Gasteiger partial charge on any atom is -0.393 e. The lowest BCUT2D eigenvalue weighted by molar-refractivity contribution is -0.129. The Morgan fingerprint density at radius 2 is 2.00 bits per heavy atom. The van der Waals surface area contributed by atoms with Gasteiger partial charge >= 0.3 is 0 Å². The summed E-state index contributed by atoms with van der Waals surface area (Å²) in [7, 11) is 0. The van der Waals surface area contributed by atoms with E-state index in [1.54, 1.807) is 0 Å². The van der Waals surface area contributed by atoms with Gasteiger partial charge in [-0.25, -0.2) is 5.01 Å². The van der Waals surface area contributed by atoms with Crippen molar-refractivity contribution in [2.45, 2.75) is 6.42 Å². The van der Waals surface area contributed by atoms with Gasteiger partial charge in [-0.3, -0.25) is 10.2 Å². The summed E-state index contributed by atoms with van der Waals surface area (Å²) in [5.74, 6) is -0.640. The van der Waals surface area contributed by atoms with Crippen LogP contribution in [0.1, 0.15) is 5.56 Å². The van der Waals surface area contributed by atoms with Gasteiger partial charge in [-0.15, -0.1) is 0 Å². The highest BCUT2D eigenvalue weighted by molar-refractivity contribution is 7.80. The average Bonchev–Trinajstić information content (AvgIpc) is 2.46. The summed E-state index contributed by atoms with van der Waals surface area (Å²) in [5.41, 5.74) is 9.63. The number of carbonyl (C=O) groups is 1. The van der Waals surface area contributed by atoms with Crippen molar-refractivity contribution < 1.29 is 9.53 Å². The second kappa shape index (κ2) is 7.33. The summed E-state index contributed by atoms with van der Waals surface area (Å²) in [5, 5.41) is 1.85. The molecule has 0 spiro atoms. The number of nitrogens with one attached hydrogen (secondary N) is 1. The summed E-state index contributed by atoms with van der Waals surface area (Å²) in [6.07, 6.45) is 0.520. The predicted molar refractivity (Wildman–Crippen MR) is 81.0 cm³/mol. The van der Waals surface area contributed by atoms with Crippen LogP contribution in [0.5, 0.6) is 0 Å². The van der Waals surface area contributed by atoms with E-state index in [1.807, 2.05) is 35.3 Å². The Morgan fingerprint density at radius 3 is 2.60 bits per heavy atom. The van der Waals surface area contributed by atoms with Gasteiger partial charge in [0.1, 0.15) is 0 Å². The smallest absolute Gasteiger partial charge is 0.244 e. The van der Waals surface area contributed by atoms with E-state index in [-0.39, 0.29) is 10.9 Å². The molecule has 5 nitrogen and oxygen atoms in total. The molecule has 1 aliphatic heterocycles. The van der Waals surface area contributed by atoms with Crippen molar-refractivity contribution in [2.24, 2.45) is 11.7 Å². The molecule has 2 rings (SSSR count). The molecule has 0 saturated carbocycles. The number of hydrazine groups is 1. The number of amides is 1. The molecule has 0 bridgehead atoms. The van der Waals surface area contributed by atoms with Crippen molar-refractivity contribution in [1.82, 2.24) is 10.4 Å². The third-order valence-electron chi connectivity index (χ3n) is 3.22. The fourth-order valence-corrected chi connectivity index (χ4v) is 2.27. The van der Waals surface area contributed by atoms with E-state index in [2.05, 4.69) is 5.43 Å². The van der Waals surface area contributed by atoms with Crippen LogP contribution in [0, 0.1) is 5.92 Å². The second-order valence-corrected chi connectivity index (χ2v) is 5.19. The number of ether oxygens (including phenoxy) is 1. The van der Waals surface area contributed by atoms with E-state index in [0.717, 1.165) is 5.56 Å². The molecule has 3 N–H and O–H groups in total. The fraction of sp³-hybridized carbons (Fsp3) is 0.429. The summed E-state index contributed by atoms with van der Waals surface area (Å²) in [6, 6.07) is 9.74. The van der Waals surface area contributed by atoms with Crippen LogP contribution in [0.2, 0.25) is 0 Å². The zero-order chi connectivity index (χ0) is 14.4. The van der Waals surface area contributed by atoms with E-state index < -0.39 is 5.92 Å². The molecule has 20 heavy (non-hydrogen) atoms. The molecule has 1 heterocycles. The Bertz CT molecular complexity index is 461. The lowest BCUT2D eigenvalue weighted by atomic mass is 9.99. The largest absolute Gasteiger partial charge is 0.393 e. The molecule has 1 aromatic carbocycles. The summed E-state index contributed by atoms with van der Waals surface area (Å²) >= 11 is 5.03. The van der Waals surface area contributed by atoms with Gasteiger partial charge in [0.25, 0.3) is 0 Å². The first-order valence-corrected chi connectivity index (χ1v) is 7.04. The molecule has 1 atom stereocenters. The Kier molecular flexibility index (Phi) is 5.46. The lowest BCUT2D eigenvalue weighted by Gasteiger charge is -2.28. The number of nitrogens with zero attached hydrogens (tertiary/aromatic N) is 1. The average molecular weight is 293 g/mol. The first-order valence-electron chi connectivity index (χ1n) is 6.63. The number of morpholine rings is 1. The van der Waals surface area contributed by atoms with Crippen LogP contribution in [0.3, 0.4) is 0 Å². The summed E-state index contributed by atoms with van der Waals surface area (Å²) in [4.78, 5) is 12.5. The third kappa shape index (κ3) is 4.26. The lowest BCUT2D eigenvalue weighted by Crippen LogP contribution is -2.52. The van der Waals surface area contributed by atoms with Gasteiger partial charge in [0, 0.05) is 13.1 Å². The van der Waals surface area contributed by atoms with Gasteiger partial charge in [-0.1, -0.05) is 42.5 Å². The molecule has 1 aliphatic rings. The minimum absolute atomic E-state index is 0.150. The van der Waals surface area contributed by atoms with Crippen LogP contribution in [0.25, 0.3) is 0 Å². The topological polar surface area (TPSA) is 67.6 Å². The van der Waals surface area contributed by atoms with Gasteiger partial charge in [0.15, 0.2) is 0 Å². The minimum atomic E-state index is -0.491. The third-order valence-corrected chi connectivity index (χ3v) is 3.51. The Labute approximate surface area is 124 Å². The maximum atomic E-state index is 12.3. The second-order valence-electron chi connectivity index (χ2n) is 4.72. The molecule has 1 saturated heterocycles. The zero-order valence-corrected chi connectivity index (χ0v) is 12.1. The molecular formula is C14H19N3O2S. The number of rotatable bonds is 5. The maximum absolute atomic E-state index is 12.3. The molecule has 1 aromatic rings. The van der Waals surface area contributed by atoms with E-state index in [4.69, 9.17) is 22.7 Å². The van der Waals surface area contributed by atoms with Crippen LogP contribution in [0.15, 0.2) is 30.3 Å². The van der Waals surface area contributed by atoms with Crippen molar-refractivity contribution in [2.75, 3.05) is 26.3 Å². The molecule has 108 valence electrons. The summed E-state index contributed by atoms with van der Waals surface area (Å²) < 4.78 is 5.24. The van der Waals surface area contributed by atoms with Crippen LogP contribution in [-0.4, -0.2) is 42.2 Å². The number of hydrogen-bond donors (Lipinski definition) is 2. The monoisotopic (exact) mass is 293 g/mol. The van der Waals surface area contributed by atoms with Gasteiger partial charge in [-0.05, 0) is 12.0 Å². The molecular weight excluding hydrogens is 274 g/mol. The normalized spacial score (nSPS) is 17.4. The van der Waals surface area contributed by atoms with Crippen LogP contribution >= 0.6 is 12.2 Å². The van der Waals surface area contributed by atoms with Crippen molar-refractivity contribution >= 4 is 23.1 Å². The molecule has 6 heteroatoms. The standard InChI is InChI=1S/C14H19N3O2S/c15-13(20)12(10-11-4-2-1-3-5-11)14(18)16-17-6-8-19-9-7-17/h1-5,12H,6-10H2,(H2,15,20)(H,16,18). The van der Waals surface area contributed by atoms with Gasteiger partial charge in [0.2, 0.25) is 5.91 Å². The molecule has 1 fully saturated rings. The van der Waals surface area contributed by atoms with Crippen LogP contribution in [0.4, 0.5) is 0 Å². The van der Waals surface area contributed by atoms with Gasteiger partial charge in [0.05, 0.1) is 24.1 Å². The van der Waals surface area contributed by atoms with Crippen LogP contribution < -0.4 is 11.2 Å². The Balaban J connectivity index is 1.97. The highest BCUT2D eigenvalue weighted by atomic mass is 32.1. The van der Waals surface area contributed by atoms with Crippen molar-refractivity contribution in [3.05, 3.63) is 35.9 Å². The number of thiocarbonyl (C=S) groups is 1. The van der Waals surface area contributed by atoms with Crippen molar-refractivity contribution in [3.8, 4) is 0 Å². The van der Waals surface area contributed by atoms with Crippen molar-refractivity contribution in [3.63, 3.8) is 0 Å². The SMILES string of the molecule is NC(=S)C(Cc1ccccc1)C(=O)NN1CCOCC1. The first kappa shape index (κ1) is 14.9. The van der Waals surface area contributed by atoms with Gasteiger partial charge in [-0.2, -0.15) is 0 Å². The van der Waals surface area contributed by atoms with E-state index in [9.17, 15) is 4.79 Å². The number of benzene rings is 1. The number of hydrogen-bond acceptors (Lipinski definition) is 4. The predicted octanol–water partition coefficient (Wildman–Crippen LogP) is 0.495. The first-order chi connectivity index (χ1) is 9.66. The number of nitrogens with two attached hydrogens (primary N) is 1. The number of carbonyl (C=O) groups excluding carboxylic acids is 1. The quantitative estimate of drug-likeness (QED) is 0.774. The molecule has 1 amide bonds. The molecule has 1 unspecified atom stereocenters. The van der Waals surface area contributed by atoms with E-state index in [0.29, 0.717) is 32.7 Å². The molecule has 0 radical (unpaired) electrons. The highest BCUT2D eigenvalue weighted by Crippen LogP contribution is 2.10.